The summed E-state index contributed by atoms with van der Waals surface area (Å²) in [6.45, 7) is 11.9. The molecule has 0 aromatic heterocycles. The van der Waals surface area contributed by atoms with E-state index in [1.54, 1.807) is 0 Å². The van der Waals surface area contributed by atoms with E-state index in [-0.39, 0.29) is 0 Å². The maximum absolute atomic E-state index is 3.96. The minimum Gasteiger partial charge on any atom is -0.0955 e. The molecule has 12 heavy (non-hydrogen) atoms. The van der Waals surface area contributed by atoms with Crippen molar-refractivity contribution in [1.29, 1.82) is 0 Å². The molecule has 1 rings (SSSR count). The van der Waals surface area contributed by atoms with Crippen LogP contribution in [0.5, 0.6) is 0 Å². The average molecular weight is 158 g/mol. The normalized spacial score (nSPS) is 11.7. The van der Waals surface area contributed by atoms with Gasteiger partial charge in [-0.15, -0.1) is 0 Å². The van der Waals surface area contributed by atoms with Gasteiger partial charge in [-0.2, -0.15) is 0 Å². The summed E-state index contributed by atoms with van der Waals surface area (Å²) >= 11 is 0. The molecule has 0 saturated heterocycles. The summed E-state index contributed by atoms with van der Waals surface area (Å²) in [6.07, 6.45) is 2.08. The van der Waals surface area contributed by atoms with Crippen LogP contribution >= 0.6 is 0 Å². The number of rotatable bonds is 1. The van der Waals surface area contributed by atoms with E-state index < -0.39 is 0 Å². The van der Waals surface area contributed by atoms with Crippen LogP contribution in [0, 0.1) is 0 Å². The fourth-order valence-electron chi connectivity index (χ4n) is 1.33. The van der Waals surface area contributed by atoms with E-state index in [1.165, 1.54) is 10.8 Å². The molecule has 0 heterocycles. The Morgan fingerprint density at radius 1 is 1.42 bits per heavy atom. The number of allylic oxidation sites excluding steroid dienone is 1. The molecule has 0 nitrogen and oxygen atoms in total. The van der Waals surface area contributed by atoms with Crippen molar-refractivity contribution in [1.82, 2.24) is 0 Å². The third-order valence-electron chi connectivity index (χ3n) is 1.94. The maximum atomic E-state index is 3.96. The van der Waals surface area contributed by atoms with Gasteiger partial charge in [0, 0.05) is 0 Å². The van der Waals surface area contributed by atoms with Gasteiger partial charge in [0.2, 0.25) is 0 Å². The zero-order valence-electron chi connectivity index (χ0n) is 7.72. The first kappa shape index (κ1) is 8.79. The molecule has 0 amide bonds. The van der Waals surface area contributed by atoms with E-state index in [9.17, 15) is 0 Å². The van der Waals surface area contributed by atoms with Crippen molar-refractivity contribution < 1.29 is 0 Å². The van der Waals surface area contributed by atoms with Gasteiger partial charge in [0.25, 0.3) is 0 Å². The van der Waals surface area contributed by atoms with E-state index in [0.29, 0.717) is 0 Å². The van der Waals surface area contributed by atoms with Crippen molar-refractivity contribution in [3.8, 4) is 0 Å². The first-order valence-electron chi connectivity index (χ1n) is 4.07. The molecule has 0 radical (unpaired) electrons. The second-order valence-electron chi connectivity index (χ2n) is 2.95. The van der Waals surface area contributed by atoms with Crippen LogP contribution in [-0.2, 0) is 0 Å². The van der Waals surface area contributed by atoms with Gasteiger partial charge in [-0.25, -0.2) is 0 Å². The Kier molecular flexibility index (Phi) is 2.49. The molecule has 0 aliphatic heterocycles. The summed E-state index contributed by atoms with van der Waals surface area (Å²) in [6, 6.07) is 6.10. The number of hydrogen-bond donors (Lipinski definition) is 0. The number of benzene rings is 1. The molecule has 0 atom stereocenters. The quantitative estimate of drug-likeness (QED) is 0.586. The molecule has 0 N–H and O–H groups in total. The Bertz CT molecular complexity index is 397. The third kappa shape index (κ3) is 1.48. The molecule has 0 heteroatoms. The first-order valence-corrected chi connectivity index (χ1v) is 4.07. The Labute approximate surface area is 73.6 Å². The van der Waals surface area contributed by atoms with Gasteiger partial charge in [0.1, 0.15) is 0 Å². The lowest BCUT2D eigenvalue weighted by Crippen LogP contribution is -2.25. The molecule has 62 valence electrons. The monoisotopic (exact) mass is 158 g/mol. The molecule has 1 aromatic rings. The SMILES string of the molecule is C=C(C)c1cccc(=C)/c1=C\C. The van der Waals surface area contributed by atoms with Crippen molar-refractivity contribution in [3.05, 3.63) is 40.8 Å². The summed E-state index contributed by atoms with van der Waals surface area (Å²) in [4.78, 5) is 0. The molecule has 0 unspecified atom stereocenters. The van der Waals surface area contributed by atoms with Crippen LogP contribution in [0.3, 0.4) is 0 Å². The van der Waals surface area contributed by atoms with Crippen molar-refractivity contribution in [3.63, 3.8) is 0 Å². The minimum atomic E-state index is 1.07. The highest BCUT2D eigenvalue weighted by atomic mass is 14.0. The average Bonchev–Trinajstić information content (AvgIpc) is 2.03. The zero-order valence-corrected chi connectivity index (χ0v) is 7.72. The van der Waals surface area contributed by atoms with Crippen LogP contribution in [0.2, 0.25) is 0 Å². The molecular weight excluding hydrogens is 144 g/mol. The van der Waals surface area contributed by atoms with Crippen LogP contribution < -0.4 is 10.4 Å². The van der Waals surface area contributed by atoms with Gasteiger partial charge < -0.3 is 0 Å². The van der Waals surface area contributed by atoms with Gasteiger partial charge >= 0.3 is 0 Å². The molecule has 1 aromatic carbocycles. The lowest BCUT2D eigenvalue weighted by atomic mass is 10.0. The van der Waals surface area contributed by atoms with Gasteiger partial charge in [0.05, 0.1) is 0 Å². The van der Waals surface area contributed by atoms with Crippen LogP contribution in [-0.4, -0.2) is 0 Å². The molecule has 0 spiro atoms. The summed E-state index contributed by atoms with van der Waals surface area (Å²) in [5.41, 5.74) is 2.29. The van der Waals surface area contributed by atoms with E-state index in [4.69, 9.17) is 0 Å². The van der Waals surface area contributed by atoms with Gasteiger partial charge in [0.15, 0.2) is 0 Å². The minimum absolute atomic E-state index is 1.07. The van der Waals surface area contributed by atoms with Crippen LogP contribution in [0.4, 0.5) is 0 Å². The summed E-state index contributed by atoms with van der Waals surface area (Å²) in [5, 5.41) is 2.27. The van der Waals surface area contributed by atoms with Gasteiger partial charge in [-0.1, -0.05) is 43.0 Å². The number of hydrogen-bond acceptors (Lipinski definition) is 0. The molecule has 0 saturated carbocycles. The van der Waals surface area contributed by atoms with Crippen LogP contribution in [0.25, 0.3) is 18.2 Å². The maximum Gasteiger partial charge on any atom is -0.0158 e. The van der Waals surface area contributed by atoms with Crippen LogP contribution in [0.1, 0.15) is 19.4 Å². The van der Waals surface area contributed by atoms with Crippen molar-refractivity contribution in [2.24, 2.45) is 0 Å². The lowest BCUT2D eigenvalue weighted by molar-refractivity contribution is 1.45. The Morgan fingerprint density at radius 2 is 2.08 bits per heavy atom. The standard InChI is InChI=1S/C12H14/c1-5-11-10(4)7-6-8-12(11)9(2)3/h5-8H,2,4H2,1,3H3/b11-5+. The predicted octanol–water partition coefficient (Wildman–Crippen LogP) is 1.93. The van der Waals surface area contributed by atoms with Crippen molar-refractivity contribution >= 4 is 18.2 Å². The fourth-order valence-corrected chi connectivity index (χ4v) is 1.33. The summed E-state index contributed by atoms with van der Waals surface area (Å²) in [5.74, 6) is 0. The zero-order chi connectivity index (χ0) is 9.14. The second kappa shape index (κ2) is 3.40. The third-order valence-corrected chi connectivity index (χ3v) is 1.94. The second-order valence-corrected chi connectivity index (χ2v) is 2.95. The smallest absolute Gasteiger partial charge is 0.0158 e. The Hall–Kier alpha value is -1.30. The van der Waals surface area contributed by atoms with E-state index >= 15 is 0 Å². The van der Waals surface area contributed by atoms with E-state index in [0.717, 1.165) is 10.8 Å². The Balaban J connectivity index is 3.61. The lowest BCUT2D eigenvalue weighted by Gasteiger charge is -2.00. The molecular formula is C12H14. The Morgan fingerprint density at radius 3 is 2.50 bits per heavy atom. The largest absolute Gasteiger partial charge is 0.0955 e. The highest BCUT2D eigenvalue weighted by Crippen LogP contribution is 2.02. The van der Waals surface area contributed by atoms with Gasteiger partial charge in [-0.3, -0.25) is 0 Å². The fraction of sp³-hybridized carbons (Fsp3) is 0.167. The molecule has 0 fully saturated rings. The van der Waals surface area contributed by atoms with E-state index in [2.05, 4.69) is 25.3 Å². The predicted molar refractivity (Wildman–Crippen MR) is 56.1 cm³/mol. The summed E-state index contributed by atoms with van der Waals surface area (Å²) < 4.78 is 0. The van der Waals surface area contributed by atoms with Crippen molar-refractivity contribution in [2.75, 3.05) is 0 Å². The highest BCUT2D eigenvalue weighted by Gasteiger charge is 1.93. The first-order chi connectivity index (χ1) is 5.66. The van der Waals surface area contributed by atoms with Gasteiger partial charge in [-0.05, 0) is 29.8 Å². The topological polar surface area (TPSA) is 0 Å². The molecule has 0 aliphatic carbocycles. The molecule has 0 aliphatic rings. The van der Waals surface area contributed by atoms with Crippen LogP contribution in [0.15, 0.2) is 24.8 Å². The van der Waals surface area contributed by atoms with E-state index in [1.807, 2.05) is 26.0 Å². The highest BCUT2D eigenvalue weighted by molar-refractivity contribution is 5.62. The molecule has 0 bridgehead atoms. The van der Waals surface area contributed by atoms with Crippen molar-refractivity contribution in [2.45, 2.75) is 13.8 Å². The summed E-state index contributed by atoms with van der Waals surface area (Å²) in [7, 11) is 0.